The molecule has 0 spiro atoms. The molecule has 212 valence electrons. The minimum Gasteiger partial charge on any atom is -0.360 e. The number of nitrogens with zero attached hydrogens (tertiary/aromatic N) is 4. The first-order chi connectivity index (χ1) is 19.5. The lowest BCUT2D eigenvalue weighted by Gasteiger charge is -2.21. The SMILES string of the molecule is Cc1onc(-c2ccccc2Cl)c1C(=S)N(C)CC(=O)CC(=O)CN(C)C(=S)c1c(-c2ccccc2Cl)noc1C. The minimum atomic E-state index is -0.300. The Hall–Kier alpha value is -3.44. The highest BCUT2D eigenvalue weighted by molar-refractivity contribution is 7.81. The van der Waals surface area contributed by atoms with E-state index >= 15 is 0 Å². The second-order valence-corrected chi connectivity index (χ2v) is 11.0. The molecule has 41 heavy (non-hydrogen) atoms. The summed E-state index contributed by atoms with van der Waals surface area (Å²) in [4.78, 5) is 29.6. The highest BCUT2D eigenvalue weighted by atomic mass is 35.5. The number of rotatable bonds is 10. The lowest BCUT2D eigenvalue weighted by molar-refractivity contribution is -0.127. The molecule has 0 unspecified atom stereocenters. The maximum absolute atomic E-state index is 12.9. The van der Waals surface area contributed by atoms with Crippen LogP contribution in [0.2, 0.25) is 10.0 Å². The van der Waals surface area contributed by atoms with E-state index < -0.39 is 0 Å². The number of likely N-dealkylation sites (N-methyl/N-ethyl adjacent to an activating group) is 2. The number of hydrogen-bond donors (Lipinski definition) is 0. The summed E-state index contributed by atoms with van der Waals surface area (Å²) >= 11 is 24.1. The molecule has 0 aliphatic carbocycles. The third-order valence-corrected chi connectivity index (χ3v) is 8.02. The highest BCUT2D eigenvalue weighted by Gasteiger charge is 2.26. The zero-order chi connectivity index (χ0) is 29.8. The Kier molecular flexibility index (Phi) is 9.70. The number of benzene rings is 2. The number of aryl methyl sites for hydroxylation is 2. The van der Waals surface area contributed by atoms with Crippen molar-refractivity contribution in [3.8, 4) is 22.5 Å². The molecule has 2 aromatic carbocycles. The Bertz CT molecular complexity index is 1530. The molecule has 2 aromatic heterocycles. The van der Waals surface area contributed by atoms with Crippen LogP contribution in [-0.2, 0) is 9.59 Å². The van der Waals surface area contributed by atoms with Gasteiger partial charge in [0.05, 0.1) is 40.7 Å². The van der Waals surface area contributed by atoms with E-state index in [9.17, 15) is 9.59 Å². The van der Waals surface area contributed by atoms with Crippen LogP contribution in [0.4, 0.5) is 0 Å². The molecular formula is C29H26Cl2N4O4S2. The summed E-state index contributed by atoms with van der Waals surface area (Å²) in [5.74, 6) is 0.391. The average molecular weight is 630 g/mol. The van der Waals surface area contributed by atoms with Crippen LogP contribution in [0.25, 0.3) is 22.5 Å². The Morgan fingerprint density at radius 1 is 0.732 bits per heavy atom. The number of carbonyl (C=O) groups is 2. The van der Waals surface area contributed by atoms with Crippen LogP contribution in [0.3, 0.4) is 0 Å². The van der Waals surface area contributed by atoms with E-state index in [-0.39, 0.29) is 31.1 Å². The second-order valence-electron chi connectivity index (χ2n) is 9.46. The van der Waals surface area contributed by atoms with E-state index in [1.165, 1.54) is 0 Å². The van der Waals surface area contributed by atoms with Crippen molar-refractivity contribution < 1.29 is 18.6 Å². The van der Waals surface area contributed by atoms with Gasteiger partial charge in [-0.3, -0.25) is 9.59 Å². The number of aromatic nitrogens is 2. The Balaban J connectivity index is 1.39. The normalized spacial score (nSPS) is 10.9. The number of carbonyl (C=O) groups excluding carboxylic acids is 2. The van der Waals surface area contributed by atoms with E-state index in [1.54, 1.807) is 49.9 Å². The van der Waals surface area contributed by atoms with Gasteiger partial charge in [0.1, 0.15) is 32.9 Å². The quantitative estimate of drug-likeness (QED) is 0.146. The van der Waals surface area contributed by atoms with Crippen molar-refractivity contribution in [3.63, 3.8) is 0 Å². The maximum atomic E-state index is 12.9. The largest absolute Gasteiger partial charge is 0.360 e. The van der Waals surface area contributed by atoms with E-state index in [0.29, 0.717) is 65.2 Å². The van der Waals surface area contributed by atoms with Gasteiger partial charge in [0.2, 0.25) is 0 Å². The molecule has 0 bridgehead atoms. The molecular weight excluding hydrogens is 603 g/mol. The zero-order valence-electron chi connectivity index (χ0n) is 22.7. The molecule has 4 aromatic rings. The first kappa shape index (κ1) is 30.5. The van der Waals surface area contributed by atoms with Gasteiger partial charge in [-0.05, 0) is 26.0 Å². The van der Waals surface area contributed by atoms with Crippen molar-refractivity contribution in [2.45, 2.75) is 20.3 Å². The fraction of sp³-hybridized carbons (Fsp3) is 0.241. The molecule has 2 heterocycles. The number of halogens is 2. The van der Waals surface area contributed by atoms with Crippen LogP contribution in [0.5, 0.6) is 0 Å². The Labute approximate surface area is 258 Å². The van der Waals surface area contributed by atoms with Gasteiger partial charge >= 0.3 is 0 Å². The van der Waals surface area contributed by atoms with Gasteiger partial charge in [-0.25, -0.2) is 0 Å². The predicted molar refractivity (Wildman–Crippen MR) is 167 cm³/mol. The molecule has 0 amide bonds. The monoisotopic (exact) mass is 628 g/mol. The molecule has 0 aliphatic heterocycles. The summed E-state index contributed by atoms with van der Waals surface area (Å²) in [7, 11) is 3.36. The van der Waals surface area contributed by atoms with Crippen molar-refractivity contribution in [2.75, 3.05) is 27.2 Å². The molecule has 0 aliphatic rings. The molecule has 8 nitrogen and oxygen atoms in total. The lowest BCUT2D eigenvalue weighted by atomic mass is 10.0. The van der Waals surface area contributed by atoms with Gasteiger partial charge in [-0.2, -0.15) is 0 Å². The molecule has 0 saturated carbocycles. The van der Waals surface area contributed by atoms with Crippen LogP contribution >= 0.6 is 47.6 Å². The summed E-state index contributed by atoms with van der Waals surface area (Å²) in [6, 6.07) is 14.4. The van der Waals surface area contributed by atoms with Crippen molar-refractivity contribution in [2.24, 2.45) is 0 Å². The number of hydrogen-bond acceptors (Lipinski definition) is 8. The van der Waals surface area contributed by atoms with Crippen molar-refractivity contribution in [3.05, 3.63) is 81.2 Å². The van der Waals surface area contributed by atoms with Crippen molar-refractivity contribution >= 4 is 69.2 Å². The Morgan fingerprint density at radius 3 is 1.46 bits per heavy atom. The van der Waals surface area contributed by atoms with E-state index in [4.69, 9.17) is 56.7 Å². The van der Waals surface area contributed by atoms with Crippen LogP contribution < -0.4 is 0 Å². The van der Waals surface area contributed by atoms with E-state index in [0.717, 1.165) is 0 Å². The first-order valence-corrected chi connectivity index (χ1v) is 14.0. The molecule has 4 rings (SSSR count). The van der Waals surface area contributed by atoms with Crippen molar-refractivity contribution in [1.29, 1.82) is 0 Å². The summed E-state index contributed by atoms with van der Waals surface area (Å²) in [5, 5.41) is 9.26. The molecule has 12 heteroatoms. The highest BCUT2D eigenvalue weighted by Crippen LogP contribution is 2.33. The van der Waals surface area contributed by atoms with Gasteiger partial charge < -0.3 is 18.8 Å². The van der Waals surface area contributed by atoms with Crippen molar-refractivity contribution in [1.82, 2.24) is 20.1 Å². The van der Waals surface area contributed by atoms with Gasteiger partial charge in [-0.15, -0.1) is 0 Å². The standard InChI is InChI=1S/C29H26Cl2N4O4S2/c1-16-24(26(32-38-16)20-9-5-7-11-22(20)30)28(40)34(3)14-18(36)13-19(37)15-35(4)29(41)25-17(2)39-33-27(25)21-10-6-8-12-23(21)31/h5-12H,13-15H2,1-4H3. The number of Topliss-reactive ketones (excluding diaryl/α,β-unsaturated/α-hetero) is 2. The van der Waals surface area contributed by atoms with Crippen LogP contribution in [0, 0.1) is 13.8 Å². The Morgan fingerprint density at radius 2 is 1.10 bits per heavy atom. The average Bonchev–Trinajstić information content (AvgIpc) is 3.50. The smallest absolute Gasteiger partial charge is 0.159 e. The van der Waals surface area contributed by atoms with E-state index in [1.807, 2.05) is 36.4 Å². The summed E-state index contributed by atoms with van der Waals surface area (Å²) in [6.07, 6.45) is -0.292. The topological polar surface area (TPSA) is 92.7 Å². The third kappa shape index (κ3) is 6.73. The van der Waals surface area contributed by atoms with Gasteiger partial charge in [0.15, 0.2) is 11.6 Å². The van der Waals surface area contributed by atoms with Gasteiger partial charge in [-0.1, -0.05) is 94.3 Å². The van der Waals surface area contributed by atoms with Crippen LogP contribution in [0.15, 0.2) is 57.6 Å². The number of thiocarbonyl (C=S) groups is 2. The second kappa shape index (κ2) is 13.0. The molecule has 0 saturated heterocycles. The molecule has 0 atom stereocenters. The fourth-order valence-corrected chi connectivity index (χ4v) is 5.37. The summed E-state index contributed by atoms with van der Waals surface area (Å²) in [6.45, 7) is 3.32. The summed E-state index contributed by atoms with van der Waals surface area (Å²) < 4.78 is 10.8. The fourth-order valence-electron chi connectivity index (χ4n) is 4.31. The summed E-state index contributed by atoms with van der Waals surface area (Å²) in [5.41, 5.74) is 3.44. The first-order valence-electron chi connectivity index (χ1n) is 12.5. The predicted octanol–water partition coefficient (Wildman–Crippen LogP) is 6.36. The lowest BCUT2D eigenvalue weighted by Crippen LogP contribution is -2.35. The van der Waals surface area contributed by atoms with E-state index in [2.05, 4.69) is 10.3 Å². The molecule has 0 fully saturated rings. The van der Waals surface area contributed by atoms with Crippen LogP contribution in [-0.4, -0.2) is 68.8 Å². The maximum Gasteiger partial charge on any atom is 0.159 e. The zero-order valence-corrected chi connectivity index (χ0v) is 25.9. The molecule has 0 N–H and O–H groups in total. The number of ketones is 2. The van der Waals surface area contributed by atoms with Gasteiger partial charge in [0.25, 0.3) is 0 Å². The minimum absolute atomic E-state index is 0.0767. The molecule has 0 radical (unpaired) electrons. The van der Waals surface area contributed by atoms with Gasteiger partial charge in [0, 0.05) is 25.2 Å². The third-order valence-electron chi connectivity index (χ3n) is 6.33. The van der Waals surface area contributed by atoms with Crippen LogP contribution in [0.1, 0.15) is 29.1 Å².